The Bertz CT molecular complexity index is 2070. The summed E-state index contributed by atoms with van der Waals surface area (Å²) in [7, 11) is 0. The first-order valence-corrected chi connectivity index (χ1v) is 20.4. The van der Waals surface area contributed by atoms with Crippen LogP contribution in [0.3, 0.4) is 0 Å². The lowest BCUT2D eigenvalue weighted by atomic mass is 9.42. The van der Waals surface area contributed by atoms with Crippen LogP contribution in [0.2, 0.25) is 10.0 Å². The van der Waals surface area contributed by atoms with Crippen molar-refractivity contribution >= 4 is 59.0 Å². The topological polar surface area (TPSA) is 136 Å². The van der Waals surface area contributed by atoms with Crippen molar-refractivity contribution in [2.45, 2.75) is 115 Å². The molecule has 0 radical (unpaired) electrons. The molecule has 9 nitrogen and oxygen atoms in total. The van der Waals surface area contributed by atoms with E-state index in [-0.39, 0.29) is 31.6 Å². The molecule has 2 aromatic carbocycles. The highest BCUT2D eigenvalue weighted by molar-refractivity contribution is 6.32. The predicted molar refractivity (Wildman–Crippen MR) is 219 cm³/mol. The molecule has 0 aromatic heterocycles. The highest BCUT2D eigenvalue weighted by Gasteiger charge is 2.83. The fourth-order valence-corrected chi connectivity index (χ4v) is 10.5. The second-order valence-corrected chi connectivity index (χ2v) is 17.7. The highest BCUT2D eigenvalue weighted by Crippen LogP contribution is 2.71. The monoisotopic (exact) mass is 818 g/mol. The van der Waals surface area contributed by atoms with Gasteiger partial charge in [-0.2, -0.15) is 0 Å². The summed E-state index contributed by atoms with van der Waals surface area (Å²) in [6.45, 7) is 10.7. The van der Waals surface area contributed by atoms with Gasteiger partial charge in [0.25, 0.3) is 0 Å². The third kappa shape index (κ3) is 7.34. The number of hydrogen-bond donors (Lipinski definition) is 2. The molecule has 3 fully saturated rings. The molecule has 2 aromatic rings. The van der Waals surface area contributed by atoms with Crippen molar-refractivity contribution in [2.24, 2.45) is 22.7 Å². The molecular weight excluding hydrogens is 767 g/mol. The van der Waals surface area contributed by atoms with Gasteiger partial charge in [-0.3, -0.25) is 4.79 Å². The standard InChI is InChI=1S/C46H52Cl2O9/c1-28(2)29(3)25-41(52)56-38-27-37-42(5)21-20-34(55-39(50)17-15-31-11-7-9-13-35(31)47)26-33(42)19-22-44(37,53)46(54)24-23-45(30(4)49,43(38,46)6)57-40(51)18-16-32-12-8-10-14-36(32)48/h7-19,25,28,34,37-38,53-54H,20-24,26-27H2,1-6H3/b17-15+,18-16+,29-25+/t34-,37+,38+,42-,43+,44-,45+,46+/m0/s1. The molecule has 3 saturated carbocycles. The van der Waals surface area contributed by atoms with Crippen LogP contribution in [0.1, 0.15) is 97.6 Å². The summed E-state index contributed by atoms with van der Waals surface area (Å²) in [5.41, 5.74) is -5.32. The largest absolute Gasteiger partial charge is 0.459 e. The molecule has 11 heteroatoms. The van der Waals surface area contributed by atoms with Crippen molar-refractivity contribution in [1.29, 1.82) is 0 Å². The fraction of sp³-hybridized carbons (Fsp3) is 0.478. The van der Waals surface area contributed by atoms with E-state index >= 15 is 0 Å². The number of ether oxygens (including phenoxy) is 3. The van der Waals surface area contributed by atoms with E-state index in [9.17, 15) is 29.4 Å². The number of ketones is 1. The third-order valence-corrected chi connectivity index (χ3v) is 14.5. The Balaban J connectivity index is 1.35. The SMILES string of the molecule is CC(=O)[C@]1(OC(=O)/C=C/c2ccccc2Cl)CC[C@@]2(O)[C@]1(C)[C@H](OC(=O)/C=C(\C)C(C)C)C[C@@H]1[C@@]3(C)CC[C@H](OC(=O)/C=C/c4ccccc4Cl)CC3=CC[C@]12O. The van der Waals surface area contributed by atoms with E-state index in [0.29, 0.717) is 40.4 Å². The quantitative estimate of drug-likeness (QED) is 0.104. The number of aliphatic hydroxyl groups is 2. The number of carbonyl (C=O) groups excluding carboxylic acids is 4. The minimum atomic E-state index is -2.05. The Morgan fingerprint density at radius 1 is 0.825 bits per heavy atom. The van der Waals surface area contributed by atoms with Crippen molar-refractivity contribution in [1.82, 2.24) is 0 Å². The van der Waals surface area contributed by atoms with E-state index < -0.39 is 69.5 Å². The van der Waals surface area contributed by atoms with Crippen LogP contribution in [-0.4, -0.2) is 62.9 Å². The fourth-order valence-electron chi connectivity index (χ4n) is 10.1. The summed E-state index contributed by atoms with van der Waals surface area (Å²) < 4.78 is 18.4. The number of fused-ring (bicyclic) bond motifs is 5. The summed E-state index contributed by atoms with van der Waals surface area (Å²) in [5.74, 6) is -3.15. The van der Waals surface area contributed by atoms with Gasteiger partial charge >= 0.3 is 17.9 Å². The van der Waals surface area contributed by atoms with Crippen LogP contribution in [-0.2, 0) is 33.4 Å². The van der Waals surface area contributed by atoms with Crippen LogP contribution in [0.5, 0.6) is 0 Å². The van der Waals surface area contributed by atoms with Crippen LogP contribution in [0.15, 0.2) is 84.0 Å². The van der Waals surface area contributed by atoms with Gasteiger partial charge in [0.15, 0.2) is 11.4 Å². The minimum Gasteiger partial charge on any atom is -0.459 e. The number of allylic oxidation sites excluding steroid dienone is 1. The molecule has 0 saturated heterocycles. The highest BCUT2D eigenvalue weighted by atomic mass is 35.5. The van der Waals surface area contributed by atoms with Crippen LogP contribution < -0.4 is 0 Å². The van der Waals surface area contributed by atoms with Crippen molar-refractivity contribution in [3.8, 4) is 0 Å². The van der Waals surface area contributed by atoms with E-state index in [2.05, 4.69) is 0 Å². The van der Waals surface area contributed by atoms with Crippen molar-refractivity contribution in [3.05, 3.63) is 105 Å². The lowest BCUT2D eigenvalue weighted by Gasteiger charge is -2.67. The van der Waals surface area contributed by atoms with Gasteiger partial charge < -0.3 is 24.4 Å². The molecule has 57 heavy (non-hydrogen) atoms. The number of Topliss-reactive ketones (excluding diaryl/α,β-unsaturated/α-hetero) is 1. The zero-order valence-electron chi connectivity index (χ0n) is 33.4. The number of rotatable bonds is 10. The van der Waals surface area contributed by atoms with Gasteiger partial charge in [-0.25, -0.2) is 14.4 Å². The van der Waals surface area contributed by atoms with E-state index in [1.54, 1.807) is 49.4 Å². The maximum Gasteiger partial charge on any atom is 0.331 e. The van der Waals surface area contributed by atoms with Crippen LogP contribution >= 0.6 is 23.2 Å². The molecule has 4 aliphatic rings. The molecule has 304 valence electrons. The summed E-state index contributed by atoms with van der Waals surface area (Å²) in [6.07, 6.45) is 8.63. The van der Waals surface area contributed by atoms with Gasteiger partial charge in [0.1, 0.15) is 23.4 Å². The average molecular weight is 820 g/mol. The van der Waals surface area contributed by atoms with Crippen molar-refractivity contribution in [2.75, 3.05) is 0 Å². The Labute approximate surface area is 344 Å². The number of carbonyl (C=O) groups is 4. The molecule has 0 heterocycles. The lowest BCUT2D eigenvalue weighted by Crippen LogP contribution is -2.78. The van der Waals surface area contributed by atoms with Crippen LogP contribution in [0.4, 0.5) is 0 Å². The van der Waals surface area contributed by atoms with Gasteiger partial charge in [0.2, 0.25) is 0 Å². The minimum absolute atomic E-state index is 0.0170. The summed E-state index contributed by atoms with van der Waals surface area (Å²) >= 11 is 12.6. The zero-order valence-corrected chi connectivity index (χ0v) is 34.9. The first kappa shape index (κ1) is 42.6. The number of benzene rings is 2. The first-order chi connectivity index (χ1) is 26.8. The smallest absolute Gasteiger partial charge is 0.331 e. The van der Waals surface area contributed by atoms with Gasteiger partial charge in [0.05, 0.1) is 5.41 Å². The molecule has 0 spiro atoms. The Morgan fingerprint density at radius 2 is 1.42 bits per heavy atom. The summed E-state index contributed by atoms with van der Waals surface area (Å²) in [4.78, 5) is 54.4. The first-order valence-electron chi connectivity index (χ1n) is 19.6. The van der Waals surface area contributed by atoms with Gasteiger partial charge in [-0.05, 0) is 106 Å². The molecule has 0 aliphatic heterocycles. The van der Waals surface area contributed by atoms with Crippen LogP contribution in [0.25, 0.3) is 12.2 Å². The van der Waals surface area contributed by atoms with Gasteiger partial charge in [-0.1, -0.05) is 97.6 Å². The average Bonchev–Trinajstić information content (AvgIpc) is 3.40. The number of hydrogen-bond acceptors (Lipinski definition) is 9. The molecule has 2 N–H and O–H groups in total. The maximum absolute atomic E-state index is 14.0. The zero-order chi connectivity index (χ0) is 41.6. The normalized spacial score (nSPS) is 33.6. The Kier molecular flexibility index (Phi) is 11.9. The third-order valence-electron chi connectivity index (χ3n) is 13.8. The van der Waals surface area contributed by atoms with E-state index in [4.69, 9.17) is 37.4 Å². The van der Waals surface area contributed by atoms with E-state index in [1.807, 2.05) is 45.9 Å². The molecular formula is C46H52Cl2O9. The number of esters is 3. The molecule has 6 rings (SSSR count). The maximum atomic E-state index is 14.0. The molecule has 4 aliphatic carbocycles. The van der Waals surface area contributed by atoms with E-state index in [1.165, 1.54) is 31.2 Å². The molecule has 0 bridgehead atoms. The van der Waals surface area contributed by atoms with Crippen molar-refractivity contribution < 1.29 is 43.6 Å². The summed E-state index contributed by atoms with van der Waals surface area (Å²) in [6, 6.07) is 14.1. The van der Waals surface area contributed by atoms with Crippen LogP contribution in [0, 0.1) is 22.7 Å². The second-order valence-electron chi connectivity index (χ2n) is 16.9. The van der Waals surface area contributed by atoms with E-state index in [0.717, 1.165) is 11.1 Å². The van der Waals surface area contributed by atoms with Gasteiger partial charge in [-0.15, -0.1) is 0 Å². The predicted octanol–water partition coefficient (Wildman–Crippen LogP) is 8.82. The lowest BCUT2D eigenvalue weighted by molar-refractivity contribution is -0.315. The molecule has 0 amide bonds. The Morgan fingerprint density at radius 3 is 2.00 bits per heavy atom. The molecule has 8 atom stereocenters. The second kappa shape index (κ2) is 16.0. The Hall–Kier alpha value is -4.02. The molecule has 0 unspecified atom stereocenters. The van der Waals surface area contributed by atoms with Crippen molar-refractivity contribution in [3.63, 3.8) is 0 Å². The summed E-state index contributed by atoms with van der Waals surface area (Å²) in [5, 5.41) is 27.2. The number of halogens is 2. The van der Waals surface area contributed by atoms with Gasteiger partial charge in [0, 0.05) is 40.6 Å².